The van der Waals surface area contributed by atoms with Crippen molar-refractivity contribution in [3.05, 3.63) is 143 Å². The molecule has 11 nitrogen and oxygen atoms in total. The molecule has 4 aromatic carbocycles. The largest absolute Gasteiger partial charge is 0.361 e. The van der Waals surface area contributed by atoms with Gasteiger partial charge in [-0.1, -0.05) is 103 Å². The molecule has 11 heteroatoms. The second kappa shape index (κ2) is 15.1. The van der Waals surface area contributed by atoms with Crippen molar-refractivity contribution in [3.63, 3.8) is 0 Å². The summed E-state index contributed by atoms with van der Waals surface area (Å²) in [6, 6.07) is 31.8. The molecule has 4 amide bonds. The van der Waals surface area contributed by atoms with E-state index in [1.807, 2.05) is 115 Å². The number of nitrogens with one attached hydrogen (secondary N) is 5. The van der Waals surface area contributed by atoms with Gasteiger partial charge in [0.25, 0.3) is 5.91 Å². The number of hydrogen-bond acceptors (Lipinski definition) is 6. The molecule has 0 radical (unpaired) electrons. The van der Waals surface area contributed by atoms with Gasteiger partial charge >= 0.3 is 0 Å². The summed E-state index contributed by atoms with van der Waals surface area (Å²) < 4.78 is 0. The maximum Gasteiger partial charge on any atom is 0.252 e. The minimum absolute atomic E-state index is 0.105. The van der Waals surface area contributed by atoms with Crippen LogP contribution in [0.5, 0.6) is 0 Å². The molecule has 0 aliphatic carbocycles. The van der Waals surface area contributed by atoms with Gasteiger partial charge in [-0.25, -0.2) is 0 Å². The number of amides is 4. The van der Waals surface area contributed by atoms with Gasteiger partial charge in [-0.15, -0.1) is 0 Å². The van der Waals surface area contributed by atoms with Gasteiger partial charge in [0.1, 0.15) is 12.1 Å². The maximum absolute atomic E-state index is 14.4. The summed E-state index contributed by atoms with van der Waals surface area (Å²) in [5.41, 5.74) is 5.58. The Kier molecular flexibility index (Phi) is 9.75. The Balaban J connectivity index is 1.17. The first-order valence-electron chi connectivity index (χ1n) is 18.2. The molecule has 0 spiro atoms. The number of benzene rings is 4. The van der Waals surface area contributed by atoms with Crippen molar-refractivity contribution in [3.8, 4) is 0 Å². The fraction of sp³-hybridized carbons (Fsp3) is 0.286. The molecule has 2 saturated heterocycles. The first-order valence-corrected chi connectivity index (χ1v) is 18.2. The van der Waals surface area contributed by atoms with E-state index in [-0.39, 0.29) is 31.2 Å². The molecule has 5 aromatic rings. The molecular weight excluding hydrogens is 668 g/mol. The predicted molar refractivity (Wildman–Crippen MR) is 199 cm³/mol. The van der Waals surface area contributed by atoms with Gasteiger partial charge in [0.15, 0.2) is 6.10 Å². The van der Waals surface area contributed by atoms with Gasteiger partial charge in [0.2, 0.25) is 17.7 Å². The van der Waals surface area contributed by atoms with Crippen molar-refractivity contribution in [2.45, 2.75) is 56.0 Å². The molecule has 4 heterocycles. The molecule has 1 aromatic heterocycles. The maximum atomic E-state index is 14.4. The number of carbonyl (C=O) groups excluding carboxylic acids is 4. The van der Waals surface area contributed by atoms with Crippen LogP contribution >= 0.6 is 0 Å². The third-order valence-electron chi connectivity index (χ3n) is 10.6. The minimum Gasteiger partial charge on any atom is -0.361 e. The molecule has 5 N–H and O–H groups in total. The Bertz CT molecular complexity index is 2120. The topological polar surface area (TPSA) is 145 Å². The molecule has 0 bridgehead atoms. The van der Waals surface area contributed by atoms with Crippen LogP contribution in [0.15, 0.2) is 115 Å². The molecule has 0 saturated carbocycles. The zero-order valence-electron chi connectivity index (χ0n) is 29.2. The zero-order valence-corrected chi connectivity index (χ0v) is 29.2. The summed E-state index contributed by atoms with van der Waals surface area (Å²) in [7, 11) is 0. The Labute approximate surface area is 307 Å². The van der Waals surface area contributed by atoms with Crippen LogP contribution in [0.25, 0.3) is 10.9 Å². The average Bonchev–Trinajstić information content (AvgIpc) is 3.79. The molecule has 6 atom stereocenters. The molecule has 2 fully saturated rings. The van der Waals surface area contributed by atoms with Crippen LogP contribution in [-0.2, 0) is 49.7 Å². The summed E-state index contributed by atoms with van der Waals surface area (Å²) in [5, 5.41) is 14.9. The van der Waals surface area contributed by atoms with Gasteiger partial charge in [-0.3, -0.25) is 24.0 Å². The third-order valence-corrected chi connectivity index (χ3v) is 10.6. The summed E-state index contributed by atoms with van der Waals surface area (Å²) in [5.74, 6) is -2.76. The number of nitrogens with zero attached hydrogens (tertiary/aromatic N) is 1. The molecule has 3 aliphatic heterocycles. The molecule has 270 valence electrons. The van der Waals surface area contributed by atoms with E-state index in [9.17, 15) is 19.2 Å². The number of rotatable bonds is 6. The number of carbonyl (C=O) groups is 4. The zero-order chi connectivity index (χ0) is 36.3. The highest BCUT2D eigenvalue weighted by Crippen LogP contribution is 2.43. The fourth-order valence-corrected chi connectivity index (χ4v) is 7.97. The van der Waals surface area contributed by atoms with E-state index in [4.69, 9.17) is 4.84 Å². The van der Waals surface area contributed by atoms with Crippen LogP contribution in [0.1, 0.15) is 33.9 Å². The normalized spacial score (nSPS) is 25.2. The summed E-state index contributed by atoms with van der Waals surface area (Å²) in [6.45, 7) is 0.607. The van der Waals surface area contributed by atoms with Gasteiger partial charge in [-0.05, 0) is 46.7 Å². The van der Waals surface area contributed by atoms with Crippen LogP contribution in [-0.4, -0.2) is 71.0 Å². The number of aromatic amines is 1. The summed E-state index contributed by atoms with van der Waals surface area (Å²) in [6.07, 6.45) is 2.13. The van der Waals surface area contributed by atoms with Gasteiger partial charge in [0.05, 0.1) is 18.0 Å². The van der Waals surface area contributed by atoms with Crippen LogP contribution < -0.4 is 21.3 Å². The predicted octanol–water partition coefficient (Wildman–Crippen LogP) is 3.31. The monoisotopic (exact) mass is 710 g/mol. The van der Waals surface area contributed by atoms with Crippen LogP contribution in [0.3, 0.4) is 0 Å². The van der Waals surface area contributed by atoms with Gasteiger partial charge in [0, 0.05) is 43.0 Å². The van der Waals surface area contributed by atoms with Gasteiger partial charge < -0.3 is 26.3 Å². The Hall–Kier alpha value is -5.78. The molecule has 0 unspecified atom stereocenters. The minimum atomic E-state index is -1.20. The van der Waals surface area contributed by atoms with E-state index in [0.717, 1.165) is 38.7 Å². The van der Waals surface area contributed by atoms with Crippen molar-refractivity contribution in [2.24, 2.45) is 5.92 Å². The summed E-state index contributed by atoms with van der Waals surface area (Å²) in [4.78, 5) is 67.1. The highest BCUT2D eigenvalue weighted by Gasteiger charge is 2.53. The highest BCUT2D eigenvalue weighted by atomic mass is 16.7. The molecule has 53 heavy (non-hydrogen) atoms. The number of aromatic nitrogens is 1. The second-order valence-electron chi connectivity index (χ2n) is 14.1. The Morgan fingerprint density at radius 2 is 1.28 bits per heavy atom. The van der Waals surface area contributed by atoms with Crippen molar-refractivity contribution in [1.82, 2.24) is 31.3 Å². The lowest BCUT2D eigenvalue weighted by Crippen LogP contribution is -2.59. The first-order chi connectivity index (χ1) is 25.9. The van der Waals surface area contributed by atoms with E-state index in [2.05, 4.69) is 26.3 Å². The number of H-pyrrole nitrogens is 1. The average molecular weight is 711 g/mol. The quantitative estimate of drug-likeness (QED) is 0.183. The first kappa shape index (κ1) is 34.3. The highest BCUT2D eigenvalue weighted by molar-refractivity contribution is 5.96. The smallest absolute Gasteiger partial charge is 0.252 e. The lowest BCUT2D eigenvalue weighted by Gasteiger charge is -2.32. The van der Waals surface area contributed by atoms with Gasteiger partial charge in [-0.2, -0.15) is 5.06 Å². The van der Waals surface area contributed by atoms with Crippen LogP contribution in [0, 0.1) is 5.92 Å². The van der Waals surface area contributed by atoms with Crippen LogP contribution in [0.4, 0.5) is 0 Å². The van der Waals surface area contributed by atoms with Crippen molar-refractivity contribution in [1.29, 1.82) is 0 Å². The lowest BCUT2D eigenvalue weighted by molar-refractivity contribution is -0.177. The number of hydroxylamine groups is 2. The molecule has 3 aliphatic rings. The van der Waals surface area contributed by atoms with E-state index in [1.165, 1.54) is 0 Å². The SMILES string of the molecule is O=C1NC[C@H](Cc2ccccc2)NC(=O)[C@H](Cc2ccccc2)NC(=O)[C@H](Cc2c[nH]c3ccccc23)NC(=O)[C@@H]2ON3CCc4ccccc4[C@H]3[C@H]12. The Morgan fingerprint density at radius 3 is 2.08 bits per heavy atom. The number of hydrogen-bond donors (Lipinski definition) is 5. The fourth-order valence-electron chi connectivity index (χ4n) is 7.97. The number of fused-ring (bicyclic) bond motifs is 6. The molecule has 8 rings (SSSR count). The second-order valence-corrected chi connectivity index (χ2v) is 14.1. The van der Waals surface area contributed by atoms with Crippen molar-refractivity contribution < 1.29 is 24.0 Å². The Morgan fingerprint density at radius 1 is 0.642 bits per heavy atom. The summed E-state index contributed by atoms with van der Waals surface area (Å²) >= 11 is 0. The van der Waals surface area contributed by atoms with E-state index < -0.39 is 48.0 Å². The number of para-hydroxylation sites is 1. The van der Waals surface area contributed by atoms with E-state index >= 15 is 0 Å². The standard InChI is InChI=1S/C42H42N6O5/c49-39-34(22-27-13-5-2-6-14-27)46-40(50)35(23-29-24-43-33-18-10-9-16-31(29)33)47-42(52)38-36(37-32-17-8-7-15-28(32)19-20-48(37)53-38)41(51)44-25-30(45-39)21-26-11-3-1-4-12-26/h1-18,24,30,34-38,43H,19-23,25H2,(H,44,51)(H,45,49)(H,46,50)(H,47,52)/t30-,34-,35-,36-,37-,38+/m0/s1. The van der Waals surface area contributed by atoms with Crippen molar-refractivity contribution in [2.75, 3.05) is 13.1 Å². The van der Waals surface area contributed by atoms with Crippen molar-refractivity contribution >= 4 is 34.5 Å². The van der Waals surface area contributed by atoms with Crippen LogP contribution in [0.2, 0.25) is 0 Å². The lowest BCUT2D eigenvalue weighted by atomic mass is 9.83. The molecular formula is C42H42N6O5. The third kappa shape index (κ3) is 7.31. The van der Waals surface area contributed by atoms with E-state index in [1.54, 1.807) is 5.06 Å². The van der Waals surface area contributed by atoms with E-state index in [0.29, 0.717) is 19.4 Å².